The minimum absolute atomic E-state index is 0. The Labute approximate surface area is 161 Å². The van der Waals surface area contributed by atoms with E-state index in [4.69, 9.17) is 0 Å². The van der Waals surface area contributed by atoms with Crippen LogP contribution in [0.4, 0.5) is 0 Å². The summed E-state index contributed by atoms with van der Waals surface area (Å²) < 4.78 is 1.50. The molecule has 0 spiro atoms. The Kier molecular flexibility index (Phi) is 12.1. The predicted octanol–water partition coefficient (Wildman–Crippen LogP) is -1.92. The van der Waals surface area contributed by atoms with E-state index in [1.807, 2.05) is 0 Å². The van der Waals surface area contributed by atoms with Crippen LogP contribution in [0.1, 0.15) is 0 Å². The van der Waals surface area contributed by atoms with Gasteiger partial charge in [-0.15, -0.1) is 21.1 Å². The number of nitrogens with zero attached hydrogens (tertiary/aromatic N) is 3. The molecular weight excluding hydrogens is 429 g/mol. The van der Waals surface area contributed by atoms with Crippen molar-refractivity contribution < 1.29 is 98.1 Å². The summed E-state index contributed by atoms with van der Waals surface area (Å²) in [6.45, 7) is 0. The van der Waals surface area contributed by atoms with E-state index in [9.17, 15) is 14.4 Å². The SMILES string of the molecule is [CH2-]n1c(=O)n([CH2-])c(=O)n([CH2-])c1=O.[Y].[Y].[Y]. The summed E-state index contributed by atoms with van der Waals surface area (Å²) in [5.74, 6) is 0. The van der Waals surface area contributed by atoms with Gasteiger partial charge in [-0.2, -0.15) is 0 Å². The van der Waals surface area contributed by atoms with Gasteiger partial charge in [0.25, 0.3) is 0 Å². The molecule has 0 fully saturated rings. The largest absolute Gasteiger partial charge is 0.391 e. The fourth-order valence-corrected chi connectivity index (χ4v) is 0.683. The van der Waals surface area contributed by atoms with E-state index < -0.39 is 17.1 Å². The monoisotopic (exact) mass is 435 g/mol. The quantitative estimate of drug-likeness (QED) is 0.447. The maximum atomic E-state index is 10.9. The molecule has 3 radical (unpaired) electrons. The second-order valence-electron chi connectivity index (χ2n) is 2.13. The zero-order valence-electron chi connectivity index (χ0n) is 7.92. The van der Waals surface area contributed by atoms with Gasteiger partial charge in [-0.25, -0.2) is 0 Å². The van der Waals surface area contributed by atoms with Crippen LogP contribution in [-0.4, -0.2) is 13.7 Å². The Hall–Kier alpha value is 1.33. The Morgan fingerprint density at radius 2 is 0.733 bits per heavy atom. The van der Waals surface area contributed by atoms with Gasteiger partial charge in [0.05, 0.1) is 0 Å². The first-order chi connectivity index (χ1) is 5.46. The van der Waals surface area contributed by atoms with Crippen molar-refractivity contribution in [1.82, 2.24) is 13.7 Å². The third-order valence-corrected chi connectivity index (χ3v) is 1.39. The molecule has 0 aliphatic heterocycles. The molecule has 1 aromatic rings. The van der Waals surface area contributed by atoms with Gasteiger partial charge >= 0.3 is 0 Å². The van der Waals surface area contributed by atoms with Crippen LogP contribution in [0.5, 0.6) is 0 Å². The van der Waals surface area contributed by atoms with E-state index >= 15 is 0 Å². The zero-order chi connectivity index (χ0) is 9.46. The first kappa shape index (κ1) is 21.6. The predicted molar refractivity (Wildman–Crippen MR) is 41.5 cm³/mol. The fourth-order valence-electron chi connectivity index (χ4n) is 0.683. The van der Waals surface area contributed by atoms with Crippen molar-refractivity contribution in [2.75, 3.05) is 0 Å². The number of hydrogen-bond acceptors (Lipinski definition) is 3. The van der Waals surface area contributed by atoms with Gasteiger partial charge in [0.15, 0.2) is 0 Å². The summed E-state index contributed by atoms with van der Waals surface area (Å²) in [5.41, 5.74) is -2.61. The summed E-state index contributed by atoms with van der Waals surface area (Å²) in [6, 6.07) is 0. The molecular formula is C6H6N3O3Y3-3. The molecule has 15 heavy (non-hydrogen) atoms. The van der Waals surface area contributed by atoms with Gasteiger partial charge in [0.2, 0.25) is 17.1 Å². The average molecular weight is 435 g/mol. The summed E-state index contributed by atoms with van der Waals surface area (Å²) in [5, 5.41) is 0. The van der Waals surface area contributed by atoms with Gasteiger partial charge in [-0.3, -0.25) is 0 Å². The van der Waals surface area contributed by atoms with Gasteiger partial charge in [-0.05, 0) is 0 Å². The van der Waals surface area contributed by atoms with E-state index in [-0.39, 0.29) is 98.1 Å². The smallest absolute Gasteiger partial charge is 0.205 e. The van der Waals surface area contributed by atoms with Crippen molar-refractivity contribution in [3.8, 4) is 0 Å². The van der Waals surface area contributed by atoms with E-state index in [0.29, 0.717) is 13.7 Å². The standard InChI is InChI=1S/C6H6N3O3.3Y/c1-7-4(10)8(2)6(12)9(3)5(7)11;;;/h1-3H2;;;/q-3;;;. The molecule has 0 aliphatic carbocycles. The number of aromatic nitrogens is 3. The molecule has 9 heteroatoms. The first-order valence-corrected chi connectivity index (χ1v) is 2.90. The minimum atomic E-state index is -0.870. The van der Waals surface area contributed by atoms with Gasteiger partial charge in [0.1, 0.15) is 0 Å². The van der Waals surface area contributed by atoms with Crippen molar-refractivity contribution in [2.45, 2.75) is 0 Å². The molecule has 1 rings (SSSR count). The van der Waals surface area contributed by atoms with Crippen molar-refractivity contribution in [2.24, 2.45) is 0 Å². The fraction of sp³-hybridized carbons (Fsp3) is 0. The average Bonchev–Trinajstić information content (AvgIpc) is 2.08. The molecule has 0 bridgehead atoms. The summed E-state index contributed by atoms with van der Waals surface area (Å²) in [4.78, 5) is 32.8. The third kappa shape index (κ3) is 4.25. The van der Waals surface area contributed by atoms with Crippen LogP contribution in [0.15, 0.2) is 14.4 Å². The molecule has 0 aliphatic rings. The van der Waals surface area contributed by atoms with Crippen LogP contribution in [-0.2, 0) is 98.1 Å². The Morgan fingerprint density at radius 3 is 0.867 bits per heavy atom. The van der Waals surface area contributed by atoms with Crippen LogP contribution in [0.2, 0.25) is 0 Å². The maximum absolute atomic E-state index is 10.9. The molecule has 0 atom stereocenters. The van der Waals surface area contributed by atoms with E-state index in [2.05, 4.69) is 21.1 Å². The van der Waals surface area contributed by atoms with Crippen LogP contribution in [0.25, 0.3) is 0 Å². The molecule has 0 aromatic carbocycles. The topological polar surface area (TPSA) is 66.0 Å². The molecule has 0 saturated heterocycles. The molecule has 0 amide bonds. The molecule has 75 valence electrons. The van der Waals surface area contributed by atoms with E-state index in [1.54, 1.807) is 0 Å². The molecule has 1 aromatic heterocycles. The van der Waals surface area contributed by atoms with E-state index in [1.165, 1.54) is 0 Å². The minimum Gasteiger partial charge on any atom is -0.391 e. The molecule has 0 N–H and O–H groups in total. The van der Waals surface area contributed by atoms with Crippen molar-refractivity contribution in [3.63, 3.8) is 0 Å². The summed E-state index contributed by atoms with van der Waals surface area (Å²) >= 11 is 0. The summed E-state index contributed by atoms with van der Waals surface area (Å²) in [6.07, 6.45) is 0. The maximum Gasteiger partial charge on any atom is 0.205 e. The number of rotatable bonds is 0. The van der Waals surface area contributed by atoms with Crippen LogP contribution in [0, 0.1) is 21.1 Å². The molecule has 1 heterocycles. The van der Waals surface area contributed by atoms with Gasteiger partial charge in [-0.1, -0.05) is 0 Å². The van der Waals surface area contributed by atoms with Crippen molar-refractivity contribution in [1.29, 1.82) is 0 Å². The zero-order valence-corrected chi connectivity index (χ0v) is 16.4. The summed E-state index contributed by atoms with van der Waals surface area (Å²) in [7, 11) is 9.34. The van der Waals surface area contributed by atoms with Gasteiger partial charge in [0, 0.05) is 98.1 Å². The Morgan fingerprint density at radius 1 is 0.600 bits per heavy atom. The third-order valence-electron chi connectivity index (χ3n) is 1.39. The van der Waals surface area contributed by atoms with Crippen LogP contribution in [0.3, 0.4) is 0 Å². The second-order valence-corrected chi connectivity index (χ2v) is 2.13. The van der Waals surface area contributed by atoms with Crippen LogP contribution < -0.4 is 17.1 Å². The molecule has 0 saturated carbocycles. The van der Waals surface area contributed by atoms with Crippen molar-refractivity contribution >= 4 is 0 Å². The Balaban J connectivity index is -0.000000480. The first-order valence-electron chi connectivity index (χ1n) is 2.90. The Bertz CT molecular complexity index is 385. The normalized spacial score (nSPS) is 8.00. The van der Waals surface area contributed by atoms with Crippen molar-refractivity contribution in [3.05, 3.63) is 52.6 Å². The number of hydrogen-bond donors (Lipinski definition) is 0. The van der Waals surface area contributed by atoms with Gasteiger partial charge < -0.3 is 28.1 Å². The second kappa shape index (κ2) is 8.43. The van der Waals surface area contributed by atoms with Crippen LogP contribution >= 0.6 is 0 Å². The molecule has 6 nitrogen and oxygen atoms in total. The molecule has 0 unspecified atom stereocenters. The van der Waals surface area contributed by atoms with E-state index in [0.717, 1.165) is 0 Å².